The van der Waals surface area contributed by atoms with Crippen LogP contribution >= 0.6 is 23.2 Å². The Balaban J connectivity index is 3.13. The third-order valence-corrected chi connectivity index (χ3v) is 3.87. The van der Waals surface area contributed by atoms with Gasteiger partial charge in [-0.15, -0.1) is 0 Å². The zero-order chi connectivity index (χ0) is 20.8. The number of nitrogens with one attached hydrogen (secondary N) is 2. The quantitative estimate of drug-likeness (QED) is 0.400. The molecule has 9 heteroatoms. The van der Waals surface area contributed by atoms with E-state index in [-0.39, 0.29) is 39.3 Å². The molecule has 0 saturated carbocycles. The van der Waals surface area contributed by atoms with Crippen LogP contribution in [0.25, 0.3) is 0 Å². The minimum atomic E-state index is -0.818. The minimum Gasteiger partial charge on any atom is -0.466 e. The number of anilines is 1. The second kappa shape index (κ2) is 9.73. The Labute approximate surface area is 168 Å². The molecule has 0 aliphatic rings. The van der Waals surface area contributed by atoms with Crippen LogP contribution in [0.1, 0.15) is 31.1 Å². The molecule has 0 aliphatic carbocycles. The highest BCUT2D eigenvalue weighted by Gasteiger charge is 2.19. The molecule has 27 heavy (non-hydrogen) atoms. The number of ether oxygens (including phenoxy) is 2. The molecule has 0 spiro atoms. The monoisotopic (exact) mass is 416 g/mol. The standard InChI is InChI=1S/C18H22Cl2N2O5/c1-18(2,3)21-9-14(23)10-6-11(19)16(12(20)7-10)22-13(17(25)27-5)8-15(24)26-4/h6-8,21-22H,9H2,1-5H3/b13-8+. The summed E-state index contributed by atoms with van der Waals surface area (Å²) in [7, 11) is 2.32. The summed E-state index contributed by atoms with van der Waals surface area (Å²) in [5.74, 6) is -1.78. The molecule has 0 fully saturated rings. The molecule has 0 aromatic heterocycles. The van der Waals surface area contributed by atoms with Crippen molar-refractivity contribution in [2.24, 2.45) is 0 Å². The van der Waals surface area contributed by atoms with Gasteiger partial charge >= 0.3 is 11.9 Å². The van der Waals surface area contributed by atoms with Crippen molar-refractivity contribution < 1.29 is 23.9 Å². The Morgan fingerprint density at radius 1 is 1.07 bits per heavy atom. The predicted molar refractivity (Wildman–Crippen MR) is 104 cm³/mol. The summed E-state index contributed by atoms with van der Waals surface area (Å²) in [6, 6.07) is 2.85. The number of esters is 2. The van der Waals surface area contributed by atoms with Gasteiger partial charge in [0.25, 0.3) is 0 Å². The molecule has 0 amide bonds. The first-order valence-corrected chi connectivity index (χ1v) is 8.66. The van der Waals surface area contributed by atoms with Crippen molar-refractivity contribution in [2.45, 2.75) is 26.3 Å². The van der Waals surface area contributed by atoms with E-state index in [4.69, 9.17) is 23.2 Å². The number of rotatable bonds is 7. The first kappa shape index (κ1) is 23.0. The summed E-state index contributed by atoms with van der Waals surface area (Å²) in [6.07, 6.45) is 0.908. The van der Waals surface area contributed by atoms with E-state index in [1.54, 1.807) is 0 Å². The largest absolute Gasteiger partial charge is 0.466 e. The van der Waals surface area contributed by atoms with Gasteiger partial charge in [0.2, 0.25) is 0 Å². The average molecular weight is 417 g/mol. The molecular weight excluding hydrogens is 395 g/mol. The number of carbonyl (C=O) groups excluding carboxylic acids is 3. The summed E-state index contributed by atoms with van der Waals surface area (Å²) in [5.41, 5.74) is 0.0171. The van der Waals surface area contributed by atoms with E-state index in [2.05, 4.69) is 20.1 Å². The van der Waals surface area contributed by atoms with Gasteiger partial charge in [-0.05, 0) is 32.9 Å². The van der Waals surface area contributed by atoms with Crippen molar-refractivity contribution in [1.29, 1.82) is 0 Å². The van der Waals surface area contributed by atoms with Gasteiger partial charge in [-0.2, -0.15) is 0 Å². The van der Waals surface area contributed by atoms with Gasteiger partial charge in [0.15, 0.2) is 5.78 Å². The zero-order valence-corrected chi connectivity index (χ0v) is 17.2. The highest BCUT2D eigenvalue weighted by Crippen LogP contribution is 2.33. The number of hydrogen-bond donors (Lipinski definition) is 2. The van der Waals surface area contributed by atoms with E-state index in [1.807, 2.05) is 20.8 Å². The summed E-state index contributed by atoms with van der Waals surface area (Å²) in [4.78, 5) is 35.6. The van der Waals surface area contributed by atoms with Crippen molar-refractivity contribution in [1.82, 2.24) is 5.32 Å². The van der Waals surface area contributed by atoms with Crippen LogP contribution in [0, 0.1) is 0 Å². The van der Waals surface area contributed by atoms with Crippen LogP contribution in [0.15, 0.2) is 23.9 Å². The maximum atomic E-state index is 12.3. The molecule has 0 heterocycles. The molecule has 1 rings (SSSR count). The van der Waals surface area contributed by atoms with E-state index in [0.717, 1.165) is 13.2 Å². The van der Waals surface area contributed by atoms with Crippen molar-refractivity contribution >= 4 is 46.6 Å². The van der Waals surface area contributed by atoms with Crippen LogP contribution in [0.2, 0.25) is 10.0 Å². The van der Waals surface area contributed by atoms with Gasteiger partial charge in [-0.1, -0.05) is 23.2 Å². The fourth-order valence-electron chi connectivity index (χ4n) is 1.87. The van der Waals surface area contributed by atoms with E-state index in [0.29, 0.717) is 5.56 Å². The number of carbonyl (C=O) groups is 3. The van der Waals surface area contributed by atoms with Gasteiger partial charge in [0, 0.05) is 11.1 Å². The fourth-order valence-corrected chi connectivity index (χ4v) is 2.45. The first-order chi connectivity index (χ1) is 12.5. The predicted octanol–water partition coefficient (Wildman–Crippen LogP) is 3.21. The van der Waals surface area contributed by atoms with Gasteiger partial charge in [-0.25, -0.2) is 9.59 Å². The molecule has 1 aromatic rings. The van der Waals surface area contributed by atoms with Crippen LogP contribution in [0.3, 0.4) is 0 Å². The molecule has 0 bridgehead atoms. The summed E-state index contributed by atoms with van der Waals surface area (Å²) >= 11 is 12.4. The Morgan fingerprint density at radius 3 is 2.07 bits per heavy atom. The smallest absolute Gasteiger partial charge is 0.354 e. The van der Waals surface area contributed by atoms with Crippen molar-refractivity contribution in [2.75, 3.05) is 26.1 Å². The Hall–Kier alpha value is -2.09. The SMILES string of the molecule is COC(=O)/C=C(/Nc1c(Cl)cc(C(=O)CNC(C)(C)C)cc1Cl)C(=O)OC. The van der Waals surface area contributed by atoms with Gasteiger partial charge in [-0.3, -0.25) is 4.79 Å². The number of benzene rings is 1. The Kier molecular flexibility index (Phi) is 8.27. The normalized spacial score (nSPS) is 11.7. The van der Waals surface area contributed by atoms with Crippen LogP contribution in [-0.2, 0) is 19.1 Å². The number of ketones is 1. The molecule has 0 aliphatic heterocycles. The van der Waals surface area contributed by atoms with Crippen LogP contribution in [0.4, 0.5) is 5.69 Å². The van der Waals surface area contributed by atoms with Crippen molar-refractivity contribution in [3.05, 3.63) is 39.5 Å². The second-order valence-electron chi connectivity index (χ2n) is 6.54. The van der Waals surface area contributed by atoms with E-state index in [1.165, 1.54) is 19.2 Å². The highest BCUT2D eigenvalue weighted by molar-refractivity contribution is 6.40. The number of hydrogen-bond acceptors (Lipinski definition) is 7. The molecule has 0 saturated heterocycles. The highest BCUT2D eigenvalue weighted by atomic mass is 35.5. The molecule has 0 unspecified atom stereocenters. The molecule has 148 valence electrons. The van der Waals surface area contributed by atoms with Gasteiger partial charge in [0.05, 0.1) is 42.6 Å². The third kappa shape index (κ3) is 7.21. The van der Waals surface area contributed by atoms with E-state index >= 15 is 0 Å². The molecule has 0 atom stereocenters. The van der Waals surface area contributed by atoms with Crippen LogP contribution in [-0.4, -0.2) is 44.0 Å². The van der Waals surface area contributed by atoms with Crippen molar-refractivity contribution in [3.8, 4) is 0 Å². The maximum absolute atomic E-state index is 12.3. The third-order valence-electron chi connectivity index (χ3n) is 3.27. The molecule has 1 aromatic carbocycles. The fraction of sp³-hybridized carbons (Fsp3) is 0.389. The van der Waals surface area contributed by atoms with Crippen molar-refractivity contribution in [3.63, 3.8) is 0 Å². The summed E-state index contributed by atoms with van der Waals surface area (Å²) < 4.78 is 9.11. The number of Topliss-reactive ketones (excluding diaryl/α,β-unsaturated/α-hetero) is 1. The van der Waals surface area contributed by atoms with Crippen LogP contribution in [0.5, 0.6) is 0 Å². The molecule has 0 radical (unpaired) electrons. The molecular formula is C18H22Cl2N2O5. The zero-order valence-electron chi connectivity index (χ0n) is 15.7. The Morgan fingerprint density at radius 2 is 1.63 bits per heavy atom. The first-order valence-electron chi connectivity index (χ1n) is 7.90. The number of halogens is 2. The molecule has 2 N–H and O–H groups in total. The lowest BCUT2D eigenvalue weighted by Gasteiger charge is -2.20. The van der Waals surface area contributed by atoms with E-state index < -0.39 is 11.9 Å². The lowest BCUT2D eigenvalue weighted by Crippen LogP contribution is -2.39. The lowest BCUT2D eigenvalue weighted by atomic mass is 10.1. The minimum absolute atomic E-state index is 0.0984. The maximum Gasteiger partial charge on any atom is 0.354 e. The van der Waals surface area contributed by atoms with Crippen LogP contribution < -0.4 is 10.6 Å². The Bertz CT molecular complexity index is 747. The molecule has 7 nitrogen and oxygen atoms in total. The number of methoxy groups -OCH3 is 2. The summed E-state index contributed by atoms with van der Waals surface area (Å²) in [5, 5.41) is 5.93. The topological polar surface area (TPSA) is 93.7 Å². The van der Waals surface area contributed by atoms with E-state index in [9.17, 15) is 14.4 Å². The lowest BCUT2D eigenvalue weighted by molar-refractivity contribution is -0.138. The van der Waals surface area contributed by atoms with Gasteiger partial charge < -0.3 is 20.1 Å². The van der Waals surface area contributed by atoms with Gasteiger partial charge in [0.1, 0.15) is 5.70 Å². The second-order valence-corrected chi connectivity index (χ2v) is 7.35. The summed E-state index contributed by atoms with van der Waals surface area (Å²) in [6.45, 7) is 5.93. The average Bonchev–Trinajstić information content (AvgIpc) is 2.59.